The number of hydrogen-bond donors (Lipinski definition) is 1. The third-order valence-electron chi connectivity index (χ3n) is 5.27. The zero-order chi connectivity index (χ0) is 15.9. The lowest BCUT2D eigenvalue weighted by molar-refractivity contribution is 0.263. The highest BCUT2D eigenvalue weighted by atomic mass is 19.1. The first-order valence-corrected chi connectivity index (χ1v) is 8.19. The van der Waals surface area contributed by atoms with Crippen LogP contribution >= 0.6 is 0 Å². The van der Waals surface area contributed by atoms with E-state index in [1.807, 2.05) is 13.0 Å². The minimum atomic E-state index is -0.205. The van der Waals surface area contributed by atoms with Crippen LogP contribution in [0.4, 0.5) is 4.39 Å². The molecule has 1 aromatic carbocycles. The highest BCUT2D eigenvalue weighted by Gasteiger charge is 2.49. The molecule has 1 aliphatic heterocycles. The van der Waals surface area contributed by atoms with E-state index in [4.69, 9.17) is 9.72 Å². The lowest BCUT2D eigenvalue weighted by Gasteiger charge is -2.23. The SMILES string of the molecule is Cc1nc2c(c3c1[nH]c1ccc(F)cc13)C1OC1CC(C)(C)C2. The molecule has 2 aromatic heterocycles. The molecule has 1 saturated heterocycles. The van der Waals surface area contributed by atoms with Crippen molar-refractivity contribution in [1.82, 2.24) is 9.97 Å². The van der Waals surface area contributed by atoms with E-state index in [2.05, 4.69) is 18.8 Å². The number of epoxide rings is 1. The minimum absolute atomic E-state index is 0.115. The summed E-state index contributed by atoms with van der Waals surface area (Å²) in [6.07, 6.45) is 2.38. The van der Waals surface area contributed by atoms with Crippen LogP contribution < -0.4 is 0 Å². The summed E-state index contributed by atoms with van der Waals surface area (Å²) in [4.78, 5) is 8.31. The van der Waals surface area contributed by atoms with Crippen molar-refractivity contribution in [2.45, 2.75) is 45.8 Å². The van der Waals surface area contributed by atoms with Gasteiger partial charge in [0.25, 0.3) is 0 Å². The van der Waals surface area contributed by atoms with Crippen molar-refractivity contribution in [2.75, 3.05) is 0 Å². The van der Waals surface area contributed by atoms with Crippen molar-refractivity contribution >= 4 is 21.8 Å². The van der Waals surface area contributed by atoms with Gasteiger partial charge in [-0.15, -0.1) is 0 Å². The fourth-order valence-electron chi connectivity index (χ4n) is 4.24. The molecule has 0 radical (unpaired) electrons. The summed E-state index contributed by atoms with van der Waals surface area (Å²) in [6, 6.07) is 4.93. The lowest BCUT2D eigenvalue weighted by Crippen LogP contribution is -2.17. The van der Waals surface area contributed by atoms with Crippen LogP contribution in [0.15, 0.2) is 18.2 Å². The van der Waals surface area contributed by atoms with Crippen LogP contribution in [-0.2, 0) is 11.2 Å². The number of aromatic amines is 1. The third kappa shape index (κ3) is 1.88. The fourth-order valence-corrected chi connectivity index (χ4v) is 4.24. The number of aryl methyl sites for hydroxylation is 1. The van der Waals surface area contributed by atoms with E-state index in [0.29, 0.717) is 0 Å². The van der Waals surface area contributed by atoms with Crippen molar-refractivity contribution in [1.29, 1.82) is 0 Å². The predicted molar refractivity (Wildman–Crippen MR) is 88.0 cm³/mol. The summed E-state index contributed by atoms with van der Waals surface area (Å²) < 4.78 is 19.8. The van der Waals surface area contributed by atoms with E-state index in [1.165, 1.54) is 11.6 Å². The maximum Gasteiger partial charge on any atom is 0.123 e. The molecule has 2 aliphatic rings. The number of rotatable bonds is 0. The lowest BCUT2D eigenvalue weighted by atomic mass is 9.84. The molecule has 0 amide bonds. The van der Waals surface area contributed by atoms with Gasteiger partial charge in [0.15, 0.2) is 0 Å². The van der Waals surface area contributed by atoms with Crippen molar-refractivity contribution in [2.24, 2.45) is 5.41 Å². The van der Waals surface area contributed by atoms with E-state index in [9.17, 15) is 4.39 Å². The molecule has 23 heavy (non-hydrogen) atoms. The molecular weight excluding hydrogens is 291 g/mol. The summed E-state index contributed by atoms with van der Waals surface area (Å²) in [5.74, 6) is -0.205. The molecule has 0 spiro atoms. The van der Waals surface area contributed by atoms with E-state index in [1.54, 1.807) is 6.07 Å². The second-order valence-corrected chi connectivity index (χ2v) is 7.76. The van der Waals surface area contributed by atoms with Gasteiger partial charge in [-0.2, -0.15) is 0 Å². The average molecular weight is 310 g/mol. The summed E-state index contributed by atoms with van der Waals surface area (Å²) in [7, 11) is 0. The average Bonchev–Trinajstić information content (AvgIpc) is 3.09. The molecule has 5 rings (SSSR count). The summed E-state index contributed by atoms with van der Waals surface area (Å²) >= 11 is 0. The third-order valence-corrected chi connectivity index (χ3v) is 5.27. The molecule has 1 fully saturated rings. The smallest absolute Gasteiger partial charge is 0.123 e. The molecule has 3 heterocycles. The second kappa shape index (κ2) is 4.12. The van der Waals surface area contributed by atoms with Crippen LogP contribution in [0.3, 0.4) is 0 Å². The molecule has 0 bridgehead atoms. The quantitative estimate of drug-likeness (QED) is 0.618. The number of halogens is 1. The van der Waals surface area contributed by atoms with Crippen LogP contribution in [0, 0.1) is 18.2 Å². The predicted octanol–water partition coefficient (Wildman–Crippen LogP) is 4.58. The van der Waals surface area contributed by atoms with E-state index in [-0.39, 0.29) is 23.4 Å². The Morgan fingerprint density at radius 1 is 1.35 bits per heavy atom. The Morgan fingerprint density at radius 3 is 3.00 bits per heavy atom. The van der Waals surface area contributed by atoms with Gasteiger partial charge in [-0.05, 0) is 43.4 Å². The largest absolute Gasteiger partial charge is 0.364 e. The first-order chi connectivity index (χ1) is 10.9. The maximum absolute atomic E-state index is 13.8. The van der Waals surface area contributed by atoms with E-state index >= 15 is 0 Å². The zero-order valence-electron chi connectivity index (χ0n) is 13.5. The Balaban J connectivity index is 1.92. The van der Waals surface area contributed by atoms with Crippen LogP contribution in [0.2, 0.25) is 0 Å². The van der Waals surface area contributed by atoms with Gasteiger partial charge in [0, 0.05) is 27.5 Å². The molecule has 1 aliphatic carbocycles. The number of nitrogens with zero attached hydrogens (tertiary/aromatic N) is 1. The summed E-state index contributed by atoms with van der Waals surface area (Å²) in [6.45, 7) is 6.57. The van der Waals surface area contributed by atoms with Gasteiger partial charge in [-0.3, -0.25) is 4.98 Å². The highest BCUT2D eigenvalue weighted by Crippen LogP contribution is 2.53. The number of nitrogens with one attached hydrogen (secondary N) is 1. The van der Waals surface area contributed by atoms with Gasteiger partial charge in [-0.1, -0.05) is 13.8 Å². The monoisotopic (exact) mass is 310 g/mol. The summed E-state index contributed by atoms with van der Waals surface area (Å²) in [5.41, 5.74) is 5.42. The number of hydrogen-bond acceptors (Lipinski definition) is 2. The van der Waals surface area contributed by atoms with Gasteiger partial charge in [-0.25, -0.2) is 4.39 Å². The number of pyridine rings is 1. The number of aromatic nitrogens is 2. The molecule has 0 saturated carbocycles. The number of ether oxygens (including phenoxy) is 1. The number of fused-ring (bicyclic) bond motifs is 7. The van der Waals surface area contributed by atoms with Crippen LogP contribution in [0.1, 0.15) is 43.3 Å². The Bertz CT molecular complexity index is 973. The highest BCUT2D eigenvalue weighted by molar-refractivity contribution is 6.10. The van der Waals surface area contributed by atoms with Crippen LogP contribution in [0.25, 0.3) is 21.8 Å². The van der Waals surface area contributed by atoms with Crippen molar-refractivity contribution in [3.8, 4) is 0 Å². The van der Waals surface area contributed by atoms with Gasteiger partial charge < -0.3 is 9.72 Å². The van der Waals surface area contributed by atoms with Crippen LogP contribution in [-0.4, -0.2) is 16.1 Å². The van der Waals surface area contributed by atoms with Gasteiger partial charge >= 0.3 is 0 Å². The van der Waals surface area contributed by atoms with E-state index < -0.39 is 0 Å². The Labute approximate surface area is 133 Å². The molecule has 4 heteroatoms. The molecule has 3 nitrogen and oxygen atoms in total. The fraction of sp³-hybridized carbons (Fsp3) is 0.421. The number of benzene rings is 1. The zero-order valence-corrected chi connectivity index (χ0v) is 13.5. The summed E-state index contributed by atoms with van der Waals surface area (Å²) in [5, 5.41) is 2.04. The molecule has 3 aromatic rings. The molecule has 2 unspecified atom stereocenters. The van der Waals surface area contributed by atoms with Crippen molar-refractivity contribution in [3.63, 3.8) is 0 Å². The van der Waals surface area contributed by atoms with Crippen LogP contribution in [0.5, 0.6) is 0 Å². The standard InChI is InChI=1S/C19H19FN2O/c1-9-17-15(11-6-10(20)4-5-12(11)22-17)16-13(21-9)7-19(2,3)8-14-18(16)23-14/h4-6,14,18,22H,7-8H2,1-3H3. The number of H-pyrrole nitrogens is 1. The van der Waals surface area contributed by atoms with Crippen molar-refractivity contribution in [3.05, 3.63) is 41.0 Å². The molecular formula is C19H19FN2O. The first kappa shape index (κ1) is 13.5. The Hall–Kier alpha value is -1.94. The molecule has 2 atom stereocenters. The first-order valence-electron chi connectivity index (χ1n) is 8.19. The van der Waals surface area contributed by atoms with Gasteiger partial charge in [0.1, 0.15) is 11.9 Å². The van der Waals surface area contributed by atoms with E-state index in [0.717, 1.165) is 46.0 Å². The Kier molecular flexibility index (Phi) is 2.42. The van der Waals surface area contributed by atoms with Gasteiger partial charge in [0.2, 0.25) is 0 Å². The second-order valence-electron chi connectivity index (χ2n) is 7.76. The minimum Gasteiger partial charge on any atom is -0.364 e. The molecule has 118 valence electrons. The topological polar surface area (TPSA) is 41.2 Å². The van der Waals surface area contributed by atoms with Crippen molar-refractivity contribution < 1.29 is 9.13 Å². The Morgan fingerprint density at radius 2 is 2.17 bits per heavy atom. The van der Waals surface area contributed by atoms with Gasteiger partial charge in [0.05, 0.1) is 17.3 Å². The maximum atomic E-state index is 13.8. The molecule has 1 N–H and O–H groups in total. The normalized spacial score (nSPS) is 25.2.